The highest BCUT2D eigenvalue weighted by atomic mass is 35.5. The minimum absolute atomic E-state index is 0.000184. The van der Waals surface area contributed by atoms with Gasteiger partial charge in [0.15, 0.2) is 0 Å². The van der Waals surface area contributed by atoms with Crippen LogP contribution in [0.2, 0.25) is 10.0 Å². The molecule has 2 heterocycles. The Morgan fingerprint density at radius 3 is 2.43 bits per heavy atom. The van der Waals surface area contributed by atoms with Gasteiger partial charge in [0.05, 0.1) is 6.04 Å². The van der Waals surface area contributed by atoms with E-state index in [0.717, 1.165) is 11.1 Å². The molecule has 1 aliphatic heterocycles. The third-order valence-corrected chi connectivity index (χ3v) is 7.07. The van der Waals surface area contributed by atoms with Gasteiger partial charge in [-0.3, -0.25) is 9.89 Å². The van der Waals surface area contributed by atoms with Crippen LogP contribution in [-0.2, 0) is 12.0 Å². The Morgan fingerprint density at radius 2 is 1.74 bits per heavy atom. The number of aromatic hydroxyl groups is 1. The summed E-state index contributed by atoms with van der Waals surface area (Å²) in [5.41, 5.74) is 5.08. The number of carbonyl (C=O) groups excluding carboxylic acids is 1. The second-order valence-electron chi connectivity index (χ2n) is 9.82. The molecule has 0 fully saturated rings. The van der Waals surface area contributed by atoms with E-state index in [-0.39, 0.29) is 17.1 Å². The van der Waals surface area contributed by atoms with E-state index in [9.17, 15) is 9.90 Å². The molecule has 2 N–H and O–H groups in total. The molecular formula is C28H25Cl2N3O2. The Labute approximate surface area is 214 Å². The lowest BCUT2D eigenvalue weighted by molar-refractivity contribution is 0.0730. The monoisotopic (exact) mass is 505 g/mol. The van der Waals surface area contributed by atoms with Gasteiger partial charge in [0.25, 0.3) is 5.91 Å². The van der Waals surface area contributed by atoms with Gasteiger partial charge in [-0.2, -0.15) is 5.10 Å². The van der Waals surface area contributed by atoms with Gasteiger partial charge in [0.1, 0.15) is 17.1 Å². The number of nitrogens with one attached hydrogen (secondary N) is 1. The first-order valence-electron chi connectivity index (χ1n) is 11.4. The predicted molar refractivity (Wildman–Crippen MR) is 139 cm³/mol. The van der Waals surface area contributed by atoms with Crippen molar-refractivity contribution in [2.24, 2.45) is 0 Å². The van der Waals surface area contributed by atoms with E-state index in [1.807, 2.05) is 24.3 Å². The van der Waals surface area contributed by atoms with Crippen molar-refractivity contribution in [1.29, 1.82) is 0 Å². The maximum atomic E-state index is 13.6. The quantitative estimate of drug-likeness (QED) is 0.309. The summed E-state index contributed by atoms with van der Waals surface area (Å²) in [5.74, 6) is -0.132. The molecule has 5 nitrogen and oxygen atoms in total. The van der Waals surface area contributed by atoms with E-state index in [1.165, 1.54) is 11.6 Å². The molecule has 35 heavy (non-hydrogen) atoms. The SMILES string of the molecule is CC(C)(C)c1ccc(C2c3c(-c4cc(Cl)ccc4O)n[nH]c3C(=O)N2Cc2ccccc2Cl)cc1. The standard InChI is InChI=1S/C28H25Cl2N3O2/c1-28(2,3)18-10-8-16(9-11-18)26-23-24(20-14-19(29)12-13-22(20)34)31-32-25(23)27(35)33(26)15-17-6-4-5-7-21(17)30/h4-14,26,34H,15H2,1-3H3,(H,31,32). The highest BCUT2D eigenvalue weighted by Gasteiger charge is 2.42. The van der Waals surface area contributed by atoms with Crippen LogP contribution in [0.5, 0.6) is 5.75 Å². The molecule has 178 valence electrons. The average molecular weight is 506 g/mol. The summed E-state index contributed by atoms with van der Waals surface area (Å²) in [6.45, 7) is 6.82. The number of hydrogen-bond donors (Lipinski definition) is 2. The minimum Gasteiger partial charge on any atom is -0.507 e. The highest BCUT2D eigenvalue weighted by Crippen LogP contribution is 2.46. The number of halogens is 2. The second-order valence-corrected chi connectivity index (χ2v) is 10.7. The van der Waals surface area contributed by atoms with Gasteiger partial charge in [0.2, 0.25) is 0 Å². The topological polar surface area (TPSA) is 69.2 Å². The first-order valence-corrected chi connectivity index (χ1v) is 12.1. The van der Waals surface area contributed by atoms with E-state index >= 15 is 0 Å². The number of aromatic amines is 1. The molecule has 1 aromatic heterocycles. The Bertz CT molecular complexity index is 1420. The van der Waals surface area contributed by atoms with Gasteiger partial charge in [-0.15, -0.1) is 0 Å². The first-order chi connectivity index (χ1) is 16.6. The maximum absolute atomic E-state index is 13.6. The molecule has 0 saturated carbocycles. The molecule has 1 unspecified atom stereocenters. The predicted octanol–water partition coefficient (Wildman–Crippen LogP) is 7.13. The number of aromatic nitrogens is 2. The van der Waals surface area contributed by atoms with E-state index in [4.69, 9.17) is 23.2 Å². The van der Waals surface area contributed by atoms with Crippen molar-refractivity contribution in [2.75, 3.05) is 0 Å². The summed E-state index contributed by atoms with van der Waals surface area (Å²) in [6, 6.07) is 20.2. The number of rotatable bonds is 4. The Kier molecular flexibility index (Phi) is 5.86. The molecule has 0 saturated heterocycles. The fraction of sp³-hybridized carbons (Fsp3) is 0.214. The Hall–Kier alpha value is -3.28. The number of carbonyl (C=O) groups is 1. The normalized spacial score (nSPS) is 15.5. The van der Waals surface area contributed by atoms with Crippen LogP contribution >= 0.6 is 23.2 Å². The summed E-state index contributed by atoms with van der Waals surface area (Å²) < 4.78 is 0. The summed E-state index contributed by atoms with van der Waals surface area (Å²) in [7, 11) is 0. The van der Waals surface area contributed by atoms with Gasteiger partial charge in [0, 0.05) is 27.7 Å². The van der Waals surface area contributed by atoms with Crippen molar-refractivity contribution in [3.05, 3.63) is 105 Å². The number of hydrogen-bond acceptors (Lipinski definition) is 3. The number of amides is 1. The van der Waals surface area contributed by atoms with Gasteiger partial charge < -0.3 is 10.0 Å². The fourth-order valence-electron chi connectivity index (χ4n) is 4.59. The van der Waals surface area contributed by atoms with Gasteiger partial charge >= 0.3 is 0 Å². The lowest BCUT2D eigenvalue weighted by Crippen LogP contribution is -2.29. The summed E-state index contributed by atoms with van der Waals surface area (Å²) in [4.78, 5) is 15.4. The number of phenolic OH excluding ortho intramolecular Hbond substituents is 1. The Balaban J connectivity index is 1.67. The zero-order valence-electron chi connectivity index (χ0n) is 19.6. The van der Waals surface area contributed by atoms with Crippen LogP contribution in [0.25, 0.3) is 11.3 Å². The van der Waals surface area contributed by atoms with E-state index in [0.29, 0.717) is 39.1 Å². The van der Waals surface area contributed by atoms with Crippen LogP contribution in [0.15, 0.2) is 66.7 Å². The molecule has 0 radical (unpaired) electrons. The number of fused-ring (bicyclic) bond motifs is 1. The summed E-state index contributed by atoms with van der Waals surface area (Å²) in [6.07, 6.45) is 0. The van der Waals surface area contributed by atoms with E-state index in [2.05, 4.69) is 55.2 Å². The molecular weight excluding hydrogens is 481 g/mol. The largest absolute Gasteiger partial charge is 0.507 e. The second kappa shape index (κ2) is 8.74. The molecule has 0 bridgehead atoms. The number of nitrogens with zero attached hydrogens (tertiary/aromatic N) is 2. The van der Waals surface area contributed by atoms with Crippen LogP contribution in [0.1, 0.15) is 59.6 Å². The van der Waals surface area contributed by atoms with Crippen LogP contribution in [0, 0.1) is 0 Å². The summed E-state index contributed by atoms with van der Waals surface area (Å²) >= 11 is 12.7. The van der Waals surface area contributed by atoms with Crippen molar-refractivity contribution in [2.45, 2.75) is 38.8 Å². The third kappa shape index (κ3) is 4.19. The third-order valence-electron chi connectivity index (χ3n) is 6.47. The molecule has 0 spiro atoms. The molecule has 5 rings (SSSR count). The first kappa shape index (κ1) is 23.5. The molecule has 0 aliphatic carbocycles. The molecule has 1 atom stereocenters. The van der Waals surface area contributed by atoms with Crippen molar-refractivity contribution < 1.29 is 9.90 Å². The van der Waals surface area contributed by atoms with Gasteiger partial charge in [-0.05, 0) is 46.4 Å². The lowest BCUT2D eigenvalue weighted by Gasteiger charge is -2.28. The minimum atomic E-state index is -0.421. The van der Waals surface area contributed by atoms with Crippen molar-refractivity contribution in [1.82, 2.24) is 15.1 Å². The Morgan fingerprint density at radius 1 is 1.03 bits per heavy atom. The lowest BCUT2D eigenvalue weighted by atomic mass is 9.85. The van der Waals surface area contributed by atoms with Crippen molar-refractivity contribution in [3.63, 3.8) is 0 Å². The maximum Gasteiger partial charge on any atom is 0.273 e. The highest BCUT2D eigenvalue weighted by molar-refractivity contribution is 6.31. The summed E-state index contributed by atoms with van der Waals surface area (Å²) in [5, 5.41) is 19.0. The number of phenols is 1. The van der Waals surface area contributed by atoms with Crippen LogP contribution in [0.4, 0.5) is 0 Å². The molecule has 7 heteroatoms. The van der Waals surface area contributed by atoms with Crippen LogP contribution < -0.4 is 0 Å². The van der Waals surface area contributed by atoms with Crippen molar-refractivity contribution >= 4 is 29.1 Å². The molecule has 3 aromatic carbocycles. The smallest absolute Gasteiger partial charge is 0.273 e. The van der Waals surface area contributed by atoms with Crippen LogP contribution in [0.3, 0.4) is 0 Å². The average Bonchev–Trinajstić information content (AvgIpc) is 3.36. The molecule has 1 aliphatic rings. The van der Waals surface area contributed by atoms with Gasteiger partial charge in [-0.25, -0.2) is 0 Å². The van der Waals surface area contributed by atoms with E-state index < -0.39 is 6.04 Å². The zero-order valence-corrected chi connectivity index (χ0v) is 21.2. The van der Waals surface area contributed by atoms with Gasteiger partial charge in [-0.1, -0.05) is 86.4 Å². The fourth-order valence-corrected chi connectivity index (χ4v) is 4.95. The van der Waals surface area contributed by atoms with E-state index in [1.54, 1.807) is 17.0 Å². The molecule has 4 aromatic rings. The van der Waals surface area contributed by atoms with Crippen LogP contribution in [-0.4, -0.2) is 26.1 Å². The number of H-pyrrole nitrogens is 1. The number of benzene rings is 3. The molecule has 1 amide bonds. The van der Waals surface area contributed by atoms with Crippen molar-refractivity contribution in [3.8, 4) is 17.0 Å². The zero-order chi connectivity index (χ0) is 24.9.